The quantitative estimate of drug-likeness (QED) is 0.194. The number of thioether (sulfide) groups is 2. The lowest BCUT2D eigenvalue weighted by atomic mass is 9.96. The number of rotatable bonds is 8. The molecule has 0 spiro atoms. The van der Waals surface area contributed by atoms with Crippen molar-refractivity contribution < 1.29 is 4.43 Å². The summed E-state index contributed by atoms with van der Waals surface area (Å²) in [4.78, 5) is 0. The molecule has 0 N–H and O–H groups in total. The highest BCUT2D eigenvalue weighted by molar-refractivity contribution is 8.17. The Kier molecular flexibility index (Phi) is 8.20. The van der Waals surface area contributed by atoms with Crippen LogP contribution in [0.15, 0.2) is 91.0 Å². The Balaban J connectivity index is 1.97. The van der Waals surface area contributed by atoms with E-state index in [9.17, 15) is 0 Å². The van der Waals surface area contributed by atoms with Crippen LogP contribution in [0, 0.1) is 0 Å². The third kappa shape index (κ3) is 5.29. The van der Waals surface area contributed by atoms with Crippen molar-refractivity contribution >= 4 is 55.5 Å². The Morgan fingerprint density at radius 2 is 1.09 bits per heavy atom. The highest BCUT2D eigenvalue weighted by Crippen LogP contribution is 2.53. The molecule has 2 atom stereocenters. The first kappa shape index (κ1) is 25.8. The zero-order chi connectivity index (χ0) is 24.2. The van der Waals surface area contributed by atoms with Gasteiger partial charge in [0.05, 0.1) is 4.08 Å². The molecule has 1 aliphatic carbocycles. The molecule has 34 heavy (non-hydrogen) atoms. The van der Waals surface area contributed by atoms with Crippen LogP contribution in [0.5, 0.6) is 0 Å². The fourth-order valence-electron chi connectivity index (χ4n) is 5.94. The van der Waals surface area contributed by atoms with E-state index in [1.165, 1.54) is 22.0 Å². The lowest BCUT2D eigenvalue weighted by molar-refractivity contribution is 0.145. The minimum atomic E-state index is -2.35. The molecule has 1 nitrogen and oxygen atoms in total. The highest BCUT2D eigenvalue weighted by atomic mass is 32.2. The van der Waals surface area contributed by atoms with E-state index in [0.29, 0.717) is 11.6 Å². The van der Waals surface area contributed by atoms with Crippen molar-refractivity contribution in [3.05, 3.63) is 91.0 Å². The molecule has 180 valence electrons. The molecule has 1 saturated carbocycles. The Morgan fingerprint density at radius 3 is 1.44 bits per heavy atom. The zero-order valence-corrected chi connectivity index (χ0v) is 24.8. The van der Waals surface area contributed by atoms with E-state index in [1.54, 1.807) is 0 Å². The SMILES string of the molecule is CSC1(SC)C[C@@H](O[Si](C)(C)C)C[C@@H]([Si](c2ccccc2)(c2ccccc2)c2ccccc2)C1. The molecule has 1 aliphatic rings. The van der Waals surface area contributed by atoms with Gasteiger partial charge in [-0.2, -0.15) is 0 Å². The molecular weight excluding hydrogens is 485 g/mol. The van der Waals surface area contributed by atoms with Crippen LogP contribution in [-0.4, -0.2) is 39.1 Å². The molecule has 0 amide bonds. The summed E-state index contributed by atoms with van der Waals surface area (Å²) in [5, 5.41) is 4.55. The van der Waals surface area contributed by atoms with E-state index < -0.39 is 16.4 Å². The lowest BCUT2D eigenvalue weighted by Gasteiger charge is -2.51. The van der Waals surface area contributed by atoms with Crippen molar-refractivity contribution in [1.82, 2.24) is 0 Å². The van der Waals surface area contributed by atoms with Crippen molar-refractivity contribution in [3.8, 4) is 0 Å². The second kappa shape index (κ2) is 10.8. The van der Waals surface area contributed by atoms with Crippen LogP contribution in [0.3, 0.4) is 0 Å². The summed E-state index contributed by atoms with van der Waals surface area (Å²) in [6.07, 6.45) is 8.42. The van der Waals surface area contributed by atoms with Crippen molar-refractivity contribution in [1.29, 1.82) is 0 Å². The van der Waals surface area contributed by atoms with E-state index >= 15 is 0 Å². The molecule has 0 radical (unpaired) electrons. The number of hydrogen-bond donors (Lipinski definition) is 0. The maximum atomic E-state index is 6.91. The molecule has 1 fully saturated rings. The van der Waals surface area contributed by atoms with Crippen molar-refractivity contribution in [2.45, 2.75) is 54.6 Å². The number of hydrogen-bond acceptors (Lipinski definition) is 3. The molecule has 0 aliphatic heterocycles. The maximum Gasteiger partial charge on any atom is 0.184 e. The molecule has 0 unspecified atom stereocenters. The van der Waals surface area contributed by atoms with Gasteiger partial charge in [0.1, 0.15) is 0 Å². The summed E-state index contributed by atoms with van der Waals surface area (Å²) in [5.74, 6) is 0. The first-order valence-electron chi connectivity index (χ1n) is 12.3. The second-order valence-electron chi connectivity index (χ2n) is 10.4. The molecule has 4 rings (SSSR count). The Labute approximate surface area is 217 Å². The molecule has 0 saturated heterocycles. The van der Waals surface area contributed by atoms with Crippen LogP contribution in [0.1, 0.15) is 19.3 Å². The maximum absolute atomic E-state index is 6.91. The molecule has 3 aromatic carbocycles. The van der Waals surface area contributed by atoms with Crippen molar-refractivity contribution in [3.63, 3.8) is 0 Å². The van der Waals surface area contributed by atoms with E-state index in [4.69, 9.17) is 4.43 Å². The molecule has 0 aromatic heterocycles. The summed E-state index contributed by atoms with van der Waals surface area (Å²) < 4.78 is 7.09. The summed E-state index contributed by atoms with van der Waals surface area (Å²) in [7, 11) is -4.02. The van der Waals surface area contributed by atoms with Gasteiger partial charge in [-0.3, -0.25) is 0 Å². The van der Waals surface area contributed by atoms with E-state index in [1.807, 2.05) is 23.5 Å². The first-order valence-corrected chi connectivity index (χ1v) is 20.2. The van der Waals surface area contributed by atoms with Gasteiger partial charge in [-0.05, 0) is 72.5 Å². The van der Waals surface area contributed by atoms with Crippen LogP contribution >= 0.6 is 23.5 Å². The first-order chi connectivity index (χ1) is 16.3. The van der Waals surface area contributed by atoms with E-state index in [0.717, 1.165) is 12.8 Å². The molecule has 3 aromatic rings. The smallest absolute Gasteiger partial charge is 0.184 e. The summed E-state index contributed by atoms with van der Waals surface area (Å²) >= 11 is 4.10. The van der Waals surface area contributed by atoms with Gasteiger partial charge < -0.3 is 4.43 Å². The molecule has 0 bridgehead atoms. The Hall–Kier alpha value is -1.25. The monoisotopic (exact) mass is 522 g/mol. The lowest BCUT2D eigenvalue weighted by Crippen LogP contribution is -2.71. The van der Waals surface area contributed by atoms with Gasteiger partial charge in [0.25, 0.3) is 0 Å². The minimum Gasteiger partial charge on any atom is -0.415 e. The molecule has 0 heterocycles. The average molecular weight is 523 g/mol. The van der Waals surface area contributed by atoms with Gasteiger partial charge in [0.2, 0.25) is 0 Å². The summed E-state index contributed by atoms with van der Waals surface area (Å²) in [6.45, 7) is 7.02. The zero-order valence-electron chi connectivity index (χ0n) is 21.2. The largest absolute Gasteiger partial charge is 0.415 e. The second-order valence-corrected chi connectivity index (χ2v) is 21.7. The summed E-state index contributed by atoms with van der Waals surface area (Å²) in [5.41, 5.74) is 0.551. The minimum absolute atomic E-state index is 0.184. The normalized spacial score (nSPS) is 20.7. The van der Waals surface area contributed by atoms with Crippen LogP contribution in [-0.2, 0) is 4.43 Å². The highest BCUT2D eigenvalue weighted by Gasteiger charge is 2.53. The van der Waals surface area contributed by atoms with Gasteiger partial charge in [-0.1, -0.05) is 91.0 Å². The number of benzene rings is 3. The van der Waals surface area contributed by atoms with E-state index in [-0.39, 0.29) is 4.08 Å². The third-order valence-corrected chi connectivity index (χ3v) is 16.8. The van der Waals surface area contributed by atoms with Crippen LogP contribution in [0.2, 0.25) is 25.2 Å². The third-order valence-electron chi connectivity index (χ3n) is 7.21. The predicted octanol–water partition coefficient (Wildman–Crippen LogP) is 6.35. The van der Waals surface area contributed by atoms with Gasteiger partial charge in [-0.15, -0.1) is 23.5 Å². The van der Waals surface area contributed by atoms with Gasteiger partial charge in [0.15, 0.2) is 16.4 Å². The van der Waals surface area contributed by atoms with Crippen molar-refractivity contribution in [2.24, 2.45) is 0 Å². The predicted molar refractivity (Wildman–Crippen MR) is 160 cm³/mol. The van der Waals surface area contributed by atoms with Crippen molar-refractivity contribution in [2.75, 3.05) is 12.5 Å². The topological polar surface area (TPSA) is 9.23 Å². The van der Waals surface area contributed by atoms with E-state index in [2.05, 4.69) is 123 Å². The van der Waals surface area contributed by atoms with Gasteiger partial charge in [0, 0.05) is 6.10 Å². The standard InChI is InChI=1S/C29H38OS2Si2/c1-31-29(32-2)22-24(30-33(3,4)5)21-28(23-29)34(25-15-9-6-10-16-25,26-17-11-7-12-18-26)27-19-13-8-14-20-27/h6-20,24,28H,21-23H2,1-5H3/t24-,28+/m0/s1. The Bertz CT molecular complexity index is 937. The van der Waals surface area contributed by atoms with Crippen LogP contribution in [0.25, 0.3) is 0 Å². The molecule has 5 heteroatoms. The molecular formula is C29H38OS2Si2. The summed E-state index contributed by atoms with van der Waals surface area (Å²) in [6, 6.07) is 34.3. The fraction of sp³-hybridized carbons (Fsp3) is 0.379. The van der Waals surface area contributed by atoms with Crippen LogP contribution in [0.4, 0.5) is 0 Å². The van der Waals surface area contributed by atoms with Crippen LogP contribution < -0.4 is 15.6 Å². The Morgan fingerprint density at radius 1 is 0.676 bits per heavy atom. The van der Waals surface area contributed by atoms with Gasteiger partial charge >= 0.3 is 0 Å². The van der Waals surface area contributed by atoms with Gasteiger partial charge in [-0.25, -0.2) is 0 Å². The fourth-order valence-corrected chi connectivity index (χ4v) is 15.4. The average Bonchev–Trinajstić information content (AvgIpc) is 2.85.